The van der Waals surface area contributed by atoms with Gasteiger partial charge in [0.15, 0.2) is 0 Å². The van der Waals surface area contributed by atoms with Crippen LogP contribution in [-0.2, 0) is 9.59 Å². The zero-order valence-electron chi connectivity index (χ0n) is 13.7. The van der Waals surface area contributed by atoms with Crippen molar-refractivity contribution in [3.05, 3.63) is 35.9 Å². The molecule has 1 saturated heterocycles. The highest BCUT2D eigenvalue weighted by Crippen LogP contribution is 2.40. The van der Waals surface area contributed by atoms with Crippen molar-refractivity contribution in [2.24, 2.45) is 11.8 Å². The van der Waals surface area contributed by atoms with Crippen LogP contribution >= 0.6 is 0 Å². The van der Waals surface area contributed by atoms with E-state index in [1.54, 1.807) is 25.1 Å². The third kappa shape index (κ3) is 2.52. The van der Waals surface area contributed by atoms with Gasteiger partial charge >= 0.3 is 11.9 Å². The maximum absolute atomic E-state index is 12.8. The van der Waals surface area contributed by atoms with Crippen LogP contribution in [0.1, 0.15) is 43.5 Å². The summed E-state index contributed by atoms with van der Waals surface area (Å²) < 4.78 is 0. The van der Waals surface area contributed by atoms with E-state index >= 15 is 0 Å². The molecule has 0 radical (unpaired) electrons. The molecule has 3 atom stereocenters. The minimum absolute atomic E-state index is 0.0198. The van der Waals surface area contributed by atoms with E-state index in [4.69, 9.17) is 0 Å². The van der Waals surface area contributed by atoms with E-state index in [1.807, 2.05) is 0 Å². The Morgan fingerprint density at radius 1 is 1.17 bits per heavy atom. The molecule has 3 unspecified atom stereocenters. The number of ketones is 1. The first-order valence-electron chi connectivity index (χ1n) is 8.15. The number of carbonyl (C=O) groups excluding carboxylic acids is 4. The molecule has 0 aromatic heterocycles. The lowest BCUT2D eigenvalue weighted by Gasteiger charge is -2.28. The Kier molecular flexibility index (Phi) is 3.99. The summed E-state index contributed by atoms with van der Waals surface area (Å²) in [6, 6.07) is 7.11. The Labute approximate surface area is 140 Å². The minimum atomic E-state index is -1.12. The first kappa shape index (κ1) is 16.4. The molecule has 1 aromatic carbocycles. The van der Waals surface area contributed by atoms with Gasteiger partial charge in [-0.15, -0.1) is 0 Å². The smallest absolute Gasteiger partial charge is 0.323 e. The fraction of sp³-hybridized carbons (Fsp3) is 0.444. The topological polar surface area (TPSA) is 83.6 Å². The van der Waals surface area contributed by atoms with E-state index in [9.17, 15) is 19.2 Å². The molecule has 4 amide bonds. The summed E-state index contributed by atoms with van der Waals surface area (Å²) in [6.07, 6.45) is 2.62. The molecular weight excluding hydrogens is 308 g/mol. The number of imide groups is 3. The molecule has 126 valence electrons. The summed E-state index contributed by atoms with van der Waals surface area (Å²) in [5.41, 5.74) is -0.958. The van der Waals surface area contributed by atoms with E-state index in [-0.39, 0.29) is 11.5 Å². The van der Waals surface area contributed by atoms with Gasteiger partial charge in [0.25, 0.3) is 11.7 Å². The number of Topliss-reactive ketones (excluding diaryl/α,β-unsaturated/α-hetero) is 1. The zero-order valence-corrected chi connectivity index (χ0v) is 13.7. The van der Waals surface area contributed by atoms with Gasteiger partial charge in [0.1, 0.15) is 5.54 Å². The van der Waals surface area contributed by atoms with Crippen molar-refractivity contribution in [1.82, 2.24) is 10.2 Å². The fourth-order valence-corrected chi connectivity index (χ4v) is 3.66. The molecular formula is C18H20N2O4. The average Bonchev–Trinajstić information content (AvgIpc) is 3.10. The Morgan fingerprint density at radius 3 is 2.42 bits per heavy atom. The molecule has 1 saturated carbocycles. The van der Waals surface area contributed by atoms with Crippen LogP contribution in [0.2, 0.25) is 0 Å². The molecule has 6 heteroatoms. The van der Waals surface area contributed by atoms with Crippen molar-refractivity contribution in [2.45, 2.75) is 38.6 Å². The van der Waals surface area contributed by atoms with Gasteiger partial charge in [0, 0.05) is 5.56 Å². The van der Waals surface area contributed by atoms with Crippen LogP contribution < -0.4 is 5.32 Å². The Balaban J connectivity index is 1.84. The van der Waals surface area contributed by atoms with Gasteiger partial charge in [-0.25, -0.2) is 4.79 Å². The molecule has 1 aliphatic heterocycles. The lowest BCUT2D eigenvalue weighted by Crippen LogP contribution is -2.50. The van der Waals surface area contributed by atoms with Crippen molar-refractivity contribution in [3.8, 4) is 0 Å². The largest absolute Gasteiger partial charge is 0.332 e. The molecule has 0 spiro atoms. The van der Waals surface area contributed by atoms with Crippen LogP contribution in [0, 0.1) is 11.8 Å². The monoisotopic (exact) mass is 328 g/mol. The first-order chi connectivity index (χ1) is 11.3. The first-order valence-corrected chi connectivity index (χ1v) is 8.15. The van der Waals surface area contributed by atoms with Gasteiger partial charge in [-0.3, -0.25) is 14.4 Å². The molecule has 2 fully saturated rings. The minimum Gasteiger partial charge on any atom is -0.323 e. The third-order valence-electron chi connectivity index (χ3n) is 5.16. The number of urea groups is 1. The quantitative estimate of drug-likeness (QED) is 0.523. The number of nitrogens with zero attached hydrogens (tertiary/aromatic N) is 1. The molecule has 1 heterocycles. The van der Waals surface area contributed by atoms with Crippen LogP contribution in [0.4, 0.5) is 4.79 Å². The standard InChI is InChI=1S/C18H20N2O4/c1-11-8-9-13(10-11)18(2)16(23)20(17(24)19-18)15(22)14(21)12-6-4-3-5-7-12/h3-7,11,13H,8-10H2,1-2H3,(H,19,24). The number of hydrogen-bond acceptors (Lipinski definition) is 4. The van der Waals surface area contributed by atoms with E-state index in [1.165, 1.54) is 12.1 Å². The lowest BCUT2D eigenvalue weighted by atomic mass is 9.83. The van der Waals surface area contributed by atoms with Gasteiger partial charge in [0.2, 0.25) is 0 Å². The maximum atomic E-state index is 12.8. The van der Waals surface area contributed by atoms with Gasteiger partial charge in [0.05, 0.1) is 0 Å². The summed E-state index contributed by atoms with van der Waals surface area (Å²) in [6.45, 7) is 3.75. The Bertz CT molecular complexity index is 715. The number of rotatable bonds is 3. The van der Waals surface area contributed by atoms with Crippen molar-refractivity contribution in [3.63, 3.8) is 0 Å². The number of amides is 4. The van der Waals surface area contributed by atoms with Crippen LogP contribution in [0.25, 0.3) is 0 Å². The number of benzene rings is 1. The van der Waals surface area contributed by atoms with E-state index < -0.39 is 29.2 Å². The fourth-order valence-electron chi connectivity index (χ4n) is 3.66. The summed E-state index contributed by atoms with van der Waals surface area (Å²) >= 11 is 0. The van der Waals surface area contributed by atoms with Crippen molar-refractivity contribution in [2.75, 3.05) is 0 Å². The van der Waals surface area contributed by atoms with Gasteiger partial charge in [-0.1, -0.05) is 43.7 Å². The predicted molar refractivity (Wildman–Crippen MR) is 86.1 cm³/mol. The number of hydrogen-bond donors (Lipinski definition) is 1. The van der Waals surface area contributed by atoms with Gasteiger partial charge in [-0.05, 0) is 31.6 Å². The Hall–Kier alpha value is -2.50. The predicted octanol–water partition coefficient (Wildman–Crippen LogP) is 2.14. The highest BCUT2D eigenvalue weighted by Gasteiger charge is 2.56. The molecule has 1 aromatic rings. The molecule has 6 nitrogen and oxygen atoms in total. The van der Waals surface area contributed by atoms with Gasteiger partial charge < -0.3 is 5.32 Å². The van der Waals surface area contributed by atoms with Crippen LogP contribution in [0.15, 0.2) is 30.3 Å². The molecule has 1 N–H and O–H groups in total. The van der Waals surface area contributed by atoms with Crippen molar-refractivity contribution < 1.29 is 19.2 Å². The second-order valence-corrected chi connectivity index (χ2v) is 6.89. The highest BCUT2D eigenvalue weighted by molar-refractivity contribution is 6.48. The second kappa shape index (κ2) is 5.85. The molecule has 1 aliphatic carbocycles. The van der Waals surface area contributed by atoms with E-state index in [0.29, 0.717) is 10.8 Å². The second-order valence-electron chi connectivity index (χ2n) is 6.89. The zero-order chi connectivity index (χ0) is 17.5. The van der Waals surface area contributed by atoms with E-state index in [0.717, 1.165) is 19.3 Å². The highest BCUT2D eigenvalue weighted by atomic mass is 16.2. The molecule has 2 aliphatic rings. The summed E-state index contributed by atoms with van der Waals surface area (Å²) in [5.74, 6) is -2.12. The Morgan fingerprint density at radius 2 is 1.83 bits per heavy atom. The lowest BCUT2D eigenvalue weighted by molar-refractivity contribution is -0.140. The number of carbonyl (C=O) groups is 4. The SMILES string of the molecule is CC1CCC(C2(C)NC(=O)N(C(=O)C(=O)c3ccccc3)C2=O)C1. The van der Waals surface area contributed by atoms with Crippen molar-refractivity contribution >= 4 is 23.6 Å². The van der Waals surface area contributed by atoms with Crippen LogP contribution in [-0.4, -0.2) is 34.1 Å². The van der Waals surface area contributed by atoms with Gasteiger partial charge in [-0.2, -0.15) is 4.90 Å². The number of nitrogens with one attached hydrogen (secondary N) is 1. The maximum Gasteiger partial charge on any atom is 0.332 e. The van der Waals surface area contributed by atoms with E-state index in [2.05, 4.69) is 12.2 Å². The molecule has 0 bridgehead atoms. The summed E-state index contributed by atoms with van der Waals surface area (Å²) in [5, 5.41) is 2.64. The molecule has 3 rings (SSSR count). The van der Waals surface area contributed by atoms with Crippen molar-refractivity contribution in [1.29, 1.82) is 0 Å². The normalized spacial score (nSPS) is 29.7. The summed E-state index contributed by atoms with van der Waals surface area (Å²) in [7, 11) is 0. The third-order valence-corrected chi connectivity index (χ3v) is 5.16. The van der Waals surface area contributed by atoms with Crippen LogP contribution in [0.5, 0.6) is 0 Å². The summed E-state index contributed by atoms with van der Waals surface area (Å²) in [4.78, 5) is 50.2. The molecule has 24 heavy (non-hydrogen) atoms. The van der Waals surface area contributed by atoms with Crippen LogP contribution in [0.3, 0.4) is 0 Å². The average molecular weight is 328 g/mol.